The van der Waals surface area contributed by atoms with Crippen molar-refractivity contribution in [3.63, 3.8) is 0 Å². The molecule has 8 aromatic carbocycles. The van der Waals surface area contributed by atoms with Crippen molar-refractivity contribution in [2.75, 3.05) is 50.0 Å². The first-order valence-corrected chi connectivity index (χ1v) is 30.6. The topological polar surface area (TPSA) is 37.4 Å². The van der Waals surface area contributed by atoms with Crippen LogP contribution in [0.2, 0.25) is 0 Å². The number of ether oxygens (including phenoxy) is 3. The van der Waals surface area contributed by atoms with Crippen molar-refractivity contribution in [1.82, 2.24) is 0 Å². The van der Waals surface area contributed by atoms with Gasteiger partial charge in [0.2, 0.25) is 0 Å². The fourth-order valence-electron chi connectivity index (χ4n) is 8.02. The van der Waals surface area contributed by atoms with Gasteiger partial charge in [-0.1, -0.05) is 48.2 Å². The molecule has 11 aliphatic rings. The Bertz CT molecular complexity index is 3250. The molecular formula is C63H57N3O3S6. The second-order valence-corrected chi connectivity index (χ2v) is 24.1. The second kappa shape index (κ2) is 26.1. The van der Waals surface area contributed by atoms with Crippen molar-refractivity contribution < 1.29 is 14.2 Å². The van der Waals surface area contributed by atoms with Gasteiger partial charge in [-0.2, -0.15) is 0 Å². The molecule has 1 aliphatic carbocycles. The Balaban J connectivity index is 0.855. The standard InChI is InChI=1S/C63H57N3O3S6/c1-46-7-4-10-49(37-46)64-40-70-58-25-13-52(14-26-58)67-54-17-29-60(30-18-54)72-42-65(50-11-5-8-47(2)38-50)44-74-62-33-21-56(22-34-62)69-57-23-35-63(36-24-57)75-45-66(51-12-6-9-48(3)39-51)43-73-61-31-19-55(20-32-61)68-53-15-27-59(28-16-53)71-41-64/h4-22,25-39H,23,40-45H2,1-3H3. The van der Waals surface area contributed by atoms with E-state index in [2.05, 4.69) is 247 Å². The molecule has 0 amide bonds. The predicted molar refractivity (Wildman–Crippen MR) is 324 cm³/mol. The number of benzene rings is 8. The minimum atomic E-state index is 0.686. The largest absolute Gasteiger partial charge is 0.457 e. The van der Waals surface area contributed by atoms with Gasteiger partial charge in [0.1, 0.15) is 34.5 Å². The Kier molecular flexibility index (Phi) is 18.2. The van der Waals surface area contributed by atoms with Crippen LogP contribution in [-0.2, 0) is 0 Å². The molecule has 10 aliphatic heterocycles. The maximum Gasteiger partial charge on any atom is 0.150 e. The van der Waals surface area contributed by atoms with Gasteiger partial charge >= 0.3 is 0 Å². The third kappa shape index (κ3) is 15.5. The van der Waals surface area contributed by atoms with E-state index in [4.69, 9.17) is 14.2 Å². The highest BCUT2D eigenvalue weighted by molar-refractivity contribution is 8.03. The molecule has 6 nitrogen and oxygen atoms in total. The first-order chi connectivity index (χ1) is 36.8. The number of nitrogens with zero attached hydrogens (tertiary/aromatic N) is 3. The van der Waals surface area contributed by atoms with Crippen LogP contribution in [0.5, 0.6) is 28.7 Å². The molecule has 0 saturated carbocycles. The normalized spacial score (nSPS) is 15.1. The number of thioether (sulfide) groups is 6. The molecule has 0 N–H and O–H groups in total. The SMILES string of the molecule is Cc1cccc(N2CSC3=CCC(=C=C3)Oc3ccc(cc3)SCN(c3cccc(C)c3)CSc3ccc(cc3)Oc3ccc(cc3)SCN(c3cccc(C)c3)CSc3ccc(cc3)Oc3ccc(cc3)SC2)c1. The van der Waals surface area contributed by atoms with Crippen LogP contribution >= 0.6 is 70.6 Å². The van der Waals surface area contributed by atoms with Gasteiger partial charge < -0.3 is 28.9 Å². The van der Waals surface area contributed by atoms with Crippen LogP contribution in [0.25, 0.3) is 0 Å². The van der Waals surface area contributed by atoms with Crippen molar-refractivity contribution in [2.24, 2.45) is 0 Å². The predicted octanol–water partition coefficient (Wildman–Crippen LogP) is 18.8. The molecule has 0 atom stereocenters. The summed E-state index contributed by atoms with van der Waals surface area (Å²) in [5, 5.41) is 0. The molecule has 12 heteroatoms. The molecule has 0 radical (unpaired) electrons. The summed E-state index contributed by atoms with van der Waals surface area (Å²) in [4.78, 5) is 14.4. The van der Waals surface area contributed by atoms with Crippen LogP contribution < -0.4 is 28.9 Å². The van der Waals surface area contributed by atoms with E-state index in [0.717, 1.165) is 69.8 Å². The number of allylic oxidation sites excluding steroid dienone is 1. The summed E-state index contributed by atoms with van der Waals surface area (Å²) < 4.78 is 19.0. The number of hydrogen-bond donors (Lipinski definition) is 0. The second-order valence-electron chi connectivity index (χ2n) is 18.0. The lowest BCUT2D eigenvalue weighted by molar-refractivity contribution is 0.416. The summed E-state index contributed by atoms with van der Waals surface area (Å²) in [7, 11) is 0. The van der Waals surface area contributed by atoms with Crippen LogP contribution in [0.4, 0.5) is 17.1 Å². The van der Waals surface area contributed by atoms with Gasteiger partial charge in [-0.15, -0.1) is 70.6 Å². The summed E-state index contributed by atoms with van der Waals surface area (Å²) >= 11 is 10.9. The van der Waals surface area contributed by atoms with Gasteiger partial charge in [0.15, 0.2) is 0 Å². The summed E-state index contributed by atoms with van der Waals surface area (Å²) in [6.45, 7) is 6.45. The molecule has 0 spiro atoms. The van der Waals surface area contributed by atoms with Crippen LogP contribution in [0, 0.1) is 20.8 Å². The number of rotatable bonds is 3. The third-order valence-electron chi connectivity index (χ3n) is 12.1. The van der Waals surface area contributed by atoms with Crippen molar-refractivity contribution in [3.05, 3.63) is 239 Å². The summed E-state index contributed by atoms with van der Waals surface area (Å²) in [5.74, 6) is 9.65. The minimum absolute atomic E-state index is 0.686. The Hall–Kier alpha value is -6.08. The van der Waals surface area contributed by atoms with Gasteiger partial charge in [-0.3, -0.25) is 0 Å². The fraction of sp³-hybridized carbons (Fsp3) is 0.159. The lowest BCUT2D eigenvalue weighted by Gasteiger charge is -2.25. The zero-order valence-electron chi connectivity index (χ0n) is 42.1. The van der Waals surface area contributed by atoms with Gasteiger partial charge in [0.05, 0.1) is 35.3 Å². The van der Waals surface area contributed by atoms with Gasteiger partial charge in [-0.25, -0.2) is 0 Å². The molecule has 0 aromatic heterocycles. The van der Waals surface area contributed by atoms with Crippen LogP contribution in [0.3, 0.4) is 0 Å². The van der Waals surface area contributed by atoms with E-state index in [0.29, 0.717) is 6.42 Å². The average Bonchev–Trinajstić information content (AvgIpc) is 3.43. The van der Waals surface area contributed by atoms with Gasteiger partial charge in [-0.05, 0) is 201 Å². The van der Waals surface area contributed by atoms with E-state index in [-0.39, 0.29) is 0 Å². The van der Waals surface area contributed by atoms with E-state index in [1.807, 2.05) is 70.6 Å². The molecular weight excluding hydrogens is 1040 g/mol. The highest BCUT2D eigenvalue weighted by Gasteiger charge is 2.15. The summed E-state index contributed by atoms with van der Waals surface area (Å²) in [6, 6.07) is 68.3. The van der Waals surface area contributed by atoms with E-state index in [1.54, 1.807) is 0 Å². The van der Waals surface area contributed by atoms with Crippen molar-refractivity contribution in [1.29, 1.82) is 0 Å². The Morgan fingerprint density at radius 3 is 0.920 bits per heavy atom. The lowest BCUT2D eigenvalue weighted by Crippen LogP contribution is -2.22. The van der Waals surface area contributed by atoms with Crippen molar-refractivity contribution in [3.8, 4) is 28.7 Å². The van der Waals surface area contributed by atoms with E-state index < -0.39 is 0 Å². The van der Waals surface area contributed by atoms with Crippen molar-refractivity contribution >= 4 is 87.6 Å². The zero-order chi connectivity index (χ0) is 51.2. The van der Waals surface area contributed by atoms with Crippen LogP contribution in [0.15, 0.2) is 247 Å². The lowest BCUT2D eigenvalue weighted by atomic mass is 10.2. The number of aryl methyl sites for hydroxylation is 3. The minimum Gasteiger partial charge on any atom is -0.457 e. The van der Waals surface area contributed by atoms with Crippen molar-refractivity contribution in [2.45, 2.75) is 51.7 Å². The quantitative estimate of drug-likeness (QED) is 0.158. The first-order valence-electron chi connectivity index (χ1n) is 24.7. The molecule has 12 bridgehead atoms. The average molecular weight is 1100 g/mol. The highest BCUT2D eigenvalue weighted by atomic mass is 32.2. The molecule has 75 heavy (non-hydrogen) atoms. The molecule has 378 valence electrons. The fourth-order valence-corrected chi connectivity index (χ4v) is 13.6. The Morgan fingerprint density at radius 1 is 0.347 bits per heavy atom. The van der Waals surface area contributed by atoms with Gasteiger partial charge in [0.25, 0.3) is 0 Å². The van der Waals surface area contributed by atoms with E-state index >= 15 is 0 Å². The highest BCUT2D eigenvalue weighted by Crippen LogP contribution is 2.36. The van der Waals surface area contributed by atoms with Crippen LogP contribution in [0.1, 0.15) is 23.1 Å². The zero-order valence-corrected chi connectivity index (χ0v) is 47.0. The number of hydrogen-bond acceptors (Lipinski definition) is 12. The van der Waals surface area contributed by atoms with Crippen LogP contribution in [-0.4, -0.2) is 35.3 Å². The van der Waals surface area contributed by atoms with E-state index in [9.17, 15) is 0 Å². The summed E-state index contributed by atoms with van der Waals surface area (Å²) in [5.41, 5.74) is 10.8. The van der Waals surface area contributed by atoms with E-state index in [1.165, 1.54) is 63.1 Å². The smallest absolute Gasteiger partial charge is 0.150 e. The molecule has 0 saturated heterocycles. The number of anilines is 3. The van der Waals surface area contributed by atoms with Gasteiger partial charge in [0, 0.05) is 52.9 Å². The summed E-state index contributed by atoms with van der Waals surface area (Å²) in [6.07, 6.45) is 4.98. The first kappa shape index (κ1) is 52.4. The maximum atomic E-state index is 6.34. The molecule has 19 rings (SSSR count). The molecule has 10 heterocycles. The third-order valence-corrected chi connectivity index (χ3v) is 18.4. The molecule has 0 unspecified atom stereocenters. The monoisotopic (exact) mass is 1100 g/mol. The maximum absolute atomic E-state index is 6.34. The Labute approximate surface area is 468 Å². The Morgan fingerprint density at radius 2 is 0.640 bits per heavy atom. The molecule has 0 fully saturated rings. The molecule has 8 aromatic rings.